The summed E-state index contributed by atoms with van der Waals surface area (Å²) in [5, 5.41) is 0.159. The van der Waals surface area contributed by atoms with Gasteiger partial charge >= 0.3 is 6.18 Å². The van der Waals surface area contributed by atoms with Gasteiger partial charge in [0.15, 0.2) is 0 Å². The number of furan rings is 1. The second-order valence-corrected chi connectivity index (χ2v) is 4.17. The van der Waals surface area contributed by atoms with E-state index in [1.807, 2.05) is 13.8 Å². The zero-order chi connectivity index (χ0) is 12.6. The smallest absolute Gasteiger partial charge is 0.420 e. The van der Waals surface area contributed by atoms with Crippen molar-refractivity contribution >= 4 is 11.0 Å². The van der Waals surface area contributed by atoms with Crippen molar-refractivity contribution in [2.24, 2.45) is 0 Å². The Kier molecular flexibility index (Phi) is 2.89. The number of aryl methyl sites for hydroxylation is 2. The van der Waals surface area contributed by atoms with Gasteiger partial charge in [0, 0.05) is 5.39 Å². The summed E-state index contributed by atoms with van der Waals surface area (Å²) in [6, 6.07) is 3.27. The molecule has 1 heterocycles. The quantitative estimate of drug-likeness (QED) is 0.743. The topological polar surface area (TPSA) is 13.1 Å². The second-order valence-electron chi connectivity index (χ2n) is 4.17. The van der Waals surface area contributed by atoms with Crippen molar-refractivity contribution in [3.05, 3.63) is 35.1 Å². The maximum Gasteiger partial charge on any atom is 0.420 e. The summed E-state index contributed by atoms with van der Waals surface area (Å²) in [4.78, 5) is 0. The van der Waals surface area contributed by atoms with Gasteiger partial charge in [-0.25, -0.2) is 0 Å². The van der Waals surface area contributed by atoms with Crippen LogP contribution in [0.2, 0.25) is 0 Å². The van der Waals surface area contributed by atoms with Crippen LogP contribution in [0.3, 0.4) is 0 Å². The van der Waals surface area contributed by atoms with Crippen LogP contribution in [0.1, 0.15) is 30.0 Å². The summed E-state index contributed by atoms with van der Waals surface area (Å²) in [6.45, 7) is 3.89. The molecule has 0 aliphatic rings. The van der Waals surface area contributed by atoms with Gasteiger partial charge in [0.05, 0.1) is 0 Å². The summed E-state index contributed by atoms with van der Waals surface area (Å²) in [5.74, 6) is 0. The minimum Gasteiger partial charge on any atom is -0.464 e. The highest BCUT2D eigenvalue weighted by atomic mass is 19.4. The first-order valence-electron chi connectivity index (χ1n) is 5.51. The number of halogens is 3. The third-order valence-corrected chi connectivity index (χ3v) is 2.86. The molecule has 0 amide bonds. The average Bonchev–Trinajstić information content (AvgIpc) is 2.61. The molecule has 2 aromatic rings. The van der Waals surface area contributed by atoms with Crippen molar-refractivity contribution < 1.29 is 17.6 Å². The highest BCUT2D eigenvalue weighted by Crippen LogP contribution is 2.37. The molecular weight excluding hydrogens is 229 g/mol. The second kappa shape index (κ2) is 4.09. The number of hydrogen-bond acceptors (Lipinski definition) is 1. The normalized spacial score (nSPS) is 12.3. The van der Waals surface area contributed by atoms with Crippen LogP contribution in [0.4, 0.5) is 13.2 Å². The van der Waals surface area contributed by atoms with Crippen molar-refractivity contribution in [2.75, 3.05) is 0 Å². The maximum atomic E-state index is 12.7. The van der Waals surface area contributed by atoms with Crippen LogP contribution in [0, 0.1) is 6.92 Å². The van der Waals surface area contributed by atoms with Gasteiger partial charge in [-0.3, -0.25) is 0 Å². The van der Waals surface area contributed by atoms with E-state index in [-0.39, 0.29) is 5.39 Å². The van der Waals surface area contributed by atoms with E-state index < -0.39 is 11.7 Å². The third-order valence-electron chi connectivity index (χ3n) is 2.86. The Balaban J connectivity index is 2.63. The third kappa shape index (κ3) is 2.16. The first-order valence-corrected chi connectivity index (χ1v) is 5.51. The first kappa shape index (κ1) is 12.0. The zero-order valence-electron chi connectivity index (χ0n) is 9.69. The molecule has 1 nitrogen and oxygen atoms in total. The Bertz CT molecular complexity index is 537. The molecular formula is C13H13F3O. The number of rotatable bonds is 2. The fourth-order valence-electron chi connectivity index (χ4n) is 1.98. The van der Waals surface area contributed by atoms with Gasteiger partial charge in [0.1, 0.15) is 17.4 Å². The molecule has 0 aliphatic carbocycles. The van der Waals surface area contributed by atoms with Crippen molar-refractivity contribution in [1.82, 2.24) is 0 Å². The predicted molar refractivity (Wildman–Crippen MR) is 59.9 cm³/mol. The molecule has 0 spiro atoms. The minimum absolute atomic E-state index is 0.159. The van der Waals surface area contributed by atoms with Crippen LogP contribution < -0.4 is 0 Å². The van der Waals surface area contributed by atoms with Gasteiger partial charge in [-0.1, -0.05) is 13.3 Å². The van der Waals surface area contributed by atoms with Crippen LogP contribution in [-0.4, -0.2) is 0 Å². The largest absolute Gasteiger partial charge is 0.464 e. The van der Waals surface area contributed by atoms with Crippen molar-refractivity contribution in [3.63, 3.8) is 0 Å². The van der Waals surface area contributed by atoms with Gasteiger partial charge in [-0.15, -0.1) is 0 Å². The minimum atomic E-state index is -4.36. The molecule has 17 heavy (non-hydrogen) atoms. The van der Waals surface area contributed by atoms with E-state index in [1.165, 1.54) is 0 Å². The number of fused-ring (bicyclic) bond motifs is 1. The summed E-state index contributed by atoms with van der Waals surface area (Å²) in [7, 11) is 0. The molecule has 1 aromatic carbocycles. The lowest BCUT2D eigenvalue weighted by molar-refractivity contribution is -0.136. The number of benzene rings is 1. The Morgan fingerprint density at radius 3 is 2.53 bits per heavy atom. The van der Waals surface area contributed by atoms with E-state index in [0.29, 0.717) is 5.58 Å². The van der Waals surface area contributed by atoms with Gasteiger partial charge in [0.2, 0.25) is 0 Å². The lowest BCUT2D eigenvalue weighted by atomic mass is 10.0. The molecule has 1 aromatic heterocycles. The van der Waals surface area contributed by atoms with E-state index in [4.69, 9.17) is 4.42 Å². The molecule has 0 radical (unpaired) electrons. The first-order chi connectivity index (χ1) is 7.93. The van der Waals surface area contributed by atoms with Gasteiger partial charge in [0.25, 0.3) is 0 Å². The lowest BCUT2D eigenvalue weighted by Gasteiger charge is -2.06. The van der Waals surface area contributed by atoms with Crippen molar-refractivity contribution in [3.8, 4) is 0 Å². The Hall–Kier alpha value is -1.45. The van der Waals surface area contributed by atoms with Crippen LogP contribution >= 0.6 is 0 Å². The molecule has 92 valence electrons. The summed E-state index contributed by atoms with van der Waals surface area (Å²) in [5.41, 5.74) is 1.54. The molecule has 0 fully saturated rings. The number of alkyl halides is 3. The zero-order valence-corrected chi connectivity index (χ0v) is 9.69. The Labute approximate surface area is 97.2 Å². The maximum absolute atomic E-state index is 12.7. The van der Waals surface area contributed by atoms with E-state index in [9.17, 15) is 13.2 Å². The van der Waals surface area contributed by atoms with Gasteiger partial charge in [-0.2, -0.15) is 13.2 Å². The molecule has 0 saturated carbocycles. The molecule has 0 atom stereocenters. The van der Waals surface area contributed by atoms with Crippen molar-refractivity contribution in [1.29, 1.82) is 0 Å². The standard InChI is InChI=1S/C13H13F3O/c1-3-4-9-6-10-11(13(14,15)16)7-17-12(10)5-8(9)2/h5-7H,3-4H2,1-2H3. The van der Waals surface area contributed by atoms with Crippen molar-refractivity contribution in [2.45, 2.75) is 32.9 Å². The molecule has 0 bridgehead atoms. The monoisotopic (exact) mass is 242 g/mol. The molecule has 0 N–H and O–H groups in total. The predicted octanol–water partition coefficient (Wildman–Crippen LogP) is 4.71. The SMILES string of the molecule is CCCc1cc2c(C(F)(F)F)coc2cc1C. The highest BCUT2D eigenvalue weighted by molar-refractivity contribution is 5.83. The lowest BCUT2D eigenvalue weighted by Crippen LogP contribution is -2.03. The summed E-state index contributed by atoms with van der Waals surface area (Å²) >= 11 is 0. The summed E-state index contributed by atoms with van der Waals surface area (Å²) < 4.78 is 43.1. The Morgan fingerprint density at radius 2 is 1.94 bits per heavy atom. The van der Waals surface area contributed by atoms with E-state index in [0.717, 1.165) is 30.2 Å². The number of hydrogen-bond donors (Lipinski definition) is 0. The Morgan fingerprint density at radius 1 is 1.24 bits per heavy atom. The molecule has 0 saturated heterocycles. The van der Waals surface area contributed by atoms with E-state index >= 15 is 0 Å². The van der Waals surface area contributed by atoms with Crippen LogP contribution in [0.15, 0.2) is 22.8 Å². The molecule has 2 rings (SSSR count). The van der Waals surface area contributed by atoms with Crippen LogP contribution in [-0.2, 0) is 12.6 Å². The van der Waals surface area contributed by atoms with Crippen LogP contribution in [0.25, 0.3) is 11.0 Å². The van der Waals surface area contributed by atoms with Crippen LogP contribution in [0.5, 0.6) is 0 Å². The molecule has 4 heteroatoms. The van der Waals surface area contributed by atoms with E-state index in [1.54, 1.807) is 12.1 Å². The highest BCUT2D eigenvalue weighted by Gasteiger charge is 2.34. The van der Waals surface area contributed by atoms with Gasteiger partial charge < -0.3 is 4.42 Å². The average molecular weight is 242 g/mol. The van der Waals surface area contributed by atoms with E-state index in [2.05, 4.69) is 0 Å². The summed E-state index contributed by atoms with van der Waals surface area (Å²) in [6.07, 6.45) is -1.88. The molecule has 0 unspecified atom stereocenters. The molecule has 0 aliphatic heterocycles. The van der Waals surface area contributed by atoms with Gasteiger partial charge in [-0.05, 0) is 36.6 Å². The fourth-order valence-corrected chi connectivity index (χ4v) is 1.98. The fraction of sp³-hybridized carbons (Fsp3) is 0.385.